The average molecular weight is 273 g/mol. The zero-order valence-electron chi connectivity index (χ0n) is 11.7. The van der Waals surface area contributed by atoms with Crippen LogP contribution in [-0.4, -0.2) is 42.9 Å². The number of rotatable bonds is 1. The number of carbonyl (C=O) groups is 2. The maximum absolute atomic E-state index is 12.5. The number of ketones is 1. The van der Waals surface area contributed by atoms with Gasteiger partial charge in [0.2, 0.25) is 5.91 Å². The second-order valence-corrected chi connectivity index (χ2v) is 5.63. The molecule has 0 radical (unpaired) electrons. The Labute approximate surface area is 118 Å². The molecular weight excluding hydrogens is 254 g/mol. The standard InChI is InChI=1S/C16H19NO3/c1-11-2-3-12-9-13(10-15(18)14(12)8-11)16(19)17-4-6-20-7-5-17/h2-3,8,13H,4-7,9-10H2,1H3. The van der Waals surface area contributed by atoms with Crippen LogP contribution in [0.15, 0.2) is 18.2 Å². The van der Waals surface area contributed by atoms with Gasteiger partial charge in [-0.05, 0) is 25.0 Å². The lowest BCUT2D eigenvalue weighted by Crippen LogP contribution is -2.45. The van der Waals surface area contributed by atoms with Crippen molar-refractivity contribution in [3.63, 3.8) is 0 Å². The van der Waals surface area contributed by atoms with Gasteiger partial charge in [-0.25, -0.2) is 0 Å². The van der Waals surface area contributed by atoms with Crippen molar-refractivity contribution in [1.82, 2.24) is 4.90 Å². The number of ether oxygens (including phenoxy) is 1. The lowest BCUT2D eigenvalue weighted by molar-refractivity contribution is -0.139. The van der Waals surface area contributed by atoms with Crippen LogP contribution in [0.25, 0.3) is 0 Å². The summed E-state index contributed by atoms with van der Waals surface area (Å²) in [6.45, 7) is 4.47. The van der Waals surface area contributed by atoms with E-state index in [-0.39, 0.29) is 17.6 Å². The van der Waals surface area contributed by atoms with E-state index in [1.807, 2.05) is 30.0 Å². The van der Waals surface area contributed by atoms with Gasteiger partial charge in [-0.2, -0.15) is 0 Å². The summed E-state index contributed by atoms with van der Waals surface area (Å²) in [5.74, 6) is 0.00485. The summed E-state index contributed by atoms with van der Waals surface area (Å²) < 4.78 is 5.27. The van der Waals surface area contributed by atoms with Crippen LogP contribution in [0.4, 0.5) is 0 Å². The molecule has 1 atom stereocenters. The summed E-state index contributed by atoms with van der Waals surface area (Å²) in [5.41, 5.74) is 2.91. The zero-order chi connectivity index (χ0) is 14.1. The van der Waals surface area contributed by atoms with Crippen LogP contribution >= 0.6 is 0 Å². The molecule has 0 bridgehead atoms. The van der Waals surface area contributed by atoms with Gasteiger partial charge in [0.15, 0.2) is 5.78 Å². The predicted octanol–water partition coefficient (Wildman–Crippen LogP) is 1.60. The first-order chi connectivity index (χ1) is 9.65. The average Bonchev–Trinajstić information content (AvgIpc) is 2.48. The molecule has 4 heteroatoms. The second kappa shape index (κ2) is 5.37. The van der Waals surface area contributed by atoms with Gasteiger partial charge in [-0.1, -0.05) is 17.7 Å². The van der Waals surface area contributed by atoms with Crippen molar-refractivity contribution in [2.24, 2.45) is 5.92 Å². The first-order valence-electron chi connectivity index (χ1n) is 7.14. The normalized spacial score (nSPS) is 22.6. The van der Waals surface area contributed by atoms with E-state index in [1.165, 1.54) is 0 Å². The van der Waals surface area contributed by atoms with E-state index in [9.17, 15) is 9.59 Å². The highest BCUT2D eigenvalue weighted by molar-refractivity contribution is 6.01. The van der Waals surface area contributed by atoms with Crippen molar-refractivity contribution in [1.29, 1.82) is 0 Å². The van der Waals surface area contributed by atoms with E-state index >= 15 is 0 Å². The van der Waals surface area contributed by atoms with Crippen LogP contribution in [0.1, 0.15) is 27.9 Å². The highest BCUT2D eigenvalue weighted by Gasteiger charge is 2.32. The number of morpholine rings is 1. The molecule has 4 nitrogen and oxygen atoms in total. The maximum Gasteiger partial charge on any atom is 0.226 e. The Bertz CT molecular complexity index is 547. The van der Waals surface area contributed by atoms with Crippen molar-refractivity contribution < 1.29 is 14.3 Å². The van der Waals surface area contributed by atoms with Crippen molar-refractivity contribution in [2.75, 3.05) is 26.3 Å². The molecule has 1 saturated heterocycles. The number of hydrogen-bond donors (Lipinski definition) is 0. The molecular formula is C16H19NO3. The summed E-state index contributed by atoms with van der Waals surface area (Å²) in [7, 11) is 0. The Morgan fingerprint density at radius 2 is 2.00 bits per heavy atom. The van der Waals surface area contributed by atoms with Gasteiger partial charge in [-0.3, -0.25) is 9.59 Å². The summed E-state index contributed by atoms with van der Waals surface area (Å²) in [4.78, 5) is 26.6. The van der Waals surface area contributed by atoms with E-state index in [4.69, 9.17) is 4.74 Å². The quantitative estimate of drug-likeness (QED) is 0.781. The van der Waals surface area contributed by atoms with Crippen molar-refractivity contribution >= 4 is 11.7 Å². The van der Waals surface area contributed by atoms with Gasteiger partial charge < -0.3 is 9.64 Å². The van der Waals surface area contributed by atoms with Gasteiger partial charge >= 0.3 is 0 Å². The lowest BCUT2D eigenvalue weighted by Gasteiger charge is -2.32. The number of fused-ring (bicyclic) bond motifs is 1. The number of nitrogens with zero attached hydrogens (tertiary/aromatic N) is 1. The largest absolute Gasteiger partial charge is 0.378 e. The van der Waals surface area contributed by atoms with E-state index in [0.29, 0.717) is 39.1 Å². The molecule has 1 aromatic rings. The fourth-order valence-electron chi connectivity index (χ4n) is 3.02. The molecule has 0 saturated carbocycles. The Morgan fingerprint density at radius 1 is 1.25 bits per heavy atom. The molecule has 0 aromatic heterocycles. The SMILES string of the molecule is Cc1ccc2c(c1)C(=O)CC(C(=O)N1CCOCC1)C2. The molecule has 1 unspecified atom stereocenters. The minimum Gasteiger partial charge on any atom is -0.378 e. The maximum atomic E-state index is 12.5. The fourth-order valence-corrected chi connectivity index (χ4v) is 3.02. The minimum absolute atomic E-state index is 0.0987. The van der Waals surface area contributed by atoms with Crippen molar-refractivity contribution in [2.45, 2.75) is 19.8 Å². The van der Waals surface area contributed by atoms with Gasteiger partial charge in [-0.15, -0.1) is 0 Å². The van der Waals surface area contributed by atoms with E-state index in [2.05, 4.69) is 0 Å². The van der Waals surface area contributed by atoms with Crippen LogP contribution in [-0.2, 0) is 16.0 Å². The molecule has 3 rings (SSSR count). The van der Waals surface area contributed by atoms with Crippen LogP contribution in [0.2, 0.25) is 0 Å². The smallest absolute Gasteiger partial charge is 0.226 e. The monoisotopic (exact) mass is 273 g/mol. The molecule has 1 aliphatic carbocycles. The molecule has 1 heterocycles. The first-order valence-corrected chi connectivity index (χ1v) is 7.14. The van der Waals surface area contributed by atoms with E-state index < -0.39 is 0 Å². The summed E-state index contributed by atoms with van der Waals surface area (Å²) >= 11 is 0. The molecule has 106 valence electrons. The Kier molecular flexibility index (Phi) is 3.57. The molecule has 20 heavy (non-hydrogen) atoms. The summed E-state index contributed by atoms with van der Waals surface area (Å²) in [5, 5.41) is 0. The molecule has 0 N–H and O–H groups in total. The highest BCUT2D eigenvalue weighted by atomic mass is 16.5. The van der Waals surface area contributed by atoms with Gasteiger partial charge in [0.05, 0.1) is 13.2 Å². The third-order valence-electron chi connectivity index (χ3n) is 4.14. The Balaban J connectivity index is 1.79. The van der Waals surface area contributed by atoms with Gasteiger partial charge in [0, 0.05) is 31.0 Å². The first kappa shape index (κ1) is 13.3. The van der Waals surface area contributed by atoms with Crippen LogP contribution in [0, 0.1) is 12.8 Å². The van der Waals surface area contributed by atoms with Crippen molar-refractivity contribution in [3.05, 3.63) is 34.9 Å². The number of carbonyl (C=O) groups excluding carboxylic acids is 2. The van der Waals surface area contributed by atoms with Crippen LogP contribution in [0.5, 0.6) is 0 Å². The third kappa shape index (κ3) is 2.48. The summed E-state index contributed by atoms with van der Waals surface area (Å²) in [6, 6.07) is 5.93. The molecule has 1 fully saturated rings. The van der Waals surface area contributed by atoms with E-state index in [0.717, 1.165) is 16.7 Å². The van der Waals surface area contributed by atoms with Crippen LogP contribution in [0.3, 0.4) is 0 Å². The number of amides is 1. The Morgan fingerprint density at radius 3 is 2.75 bits per heavy atom. The topological polar surface area (TPSA) is 46.6 Å². The third-order valence-corrected chi connectivity index (χ3v) is 4.14. The number of aryl methyl sites for hydroxylation is 1. The minimum atomic E-state index is -0.198. The van der Waals surface area contributed by atoms with Crippen LogP contribution < -0.4 is 0 Å². The van der Waals surface area contributed by atoms with Gasteiger partial charge in [0.25, 0.3) is 0 Å². The molecule has 2 aliphatic rings. The Hall–Kier alpha value is -1.68. The van der Waals surface area contributed by atoms with Crippen molar-refractivity contribution in [3.8, 4) is 0 Å². The molecule has 1 amide bonds. The number of Topliss-reactive ketones (excluding diaryl/α,β-unsaturated/α-hetero) is 1. The van der Waals surface area contributed by atoms with Gasteiger partial charge in [0.1, 0.15) is 0 Å². The highest BCUT2D eigenvalue weighted by Crippen LogP contribution is 2.28. The molecule has 1 aliphatic heterocycles. The lowest BCUT2D eigenvalue weighted by atomic mass is 9.81. The number of benzene rings is 1. The second-order valence-electron chi connectivity index (χ2n) is 5.63. The summed E-state index contributed by atoms with van der Waals surface area (Å²) in [6.07, 6.45) is 1.02. The zero-order valence-corrected chi connectivity index (χ0v) is 11.7. The fraction of sp³-hybridized carbons (Fsp3) is 0.500. The number of hydrogen-bond acceptors (Lipinski definition) is 3. The van der Waals surface area contributed by atoms with E-state index in [1.54, 1.807) is 0 Å². The molecule has 0 spiro atoms. The molecule has 1 aromatic carbocycles. The predicted molar refractivity (Wildman–Crippen MR) is 74.7 cm³/mol.